The number of imidazole rings is 1. The molecule has 2 heterocycles. The molecule has 0 aliphatic carbocycles. The van der Waals surface area contributed by atoms with Gasteiger partial charge in [-0.3, -0.25) is 4.99 Å². The molecule has 0 aromatic carbocycles. The van der Waals surface area contributed by atoms with E-state index < -0.39 is 0 Å². The predicted molar refractivity (Wildman–Crippen MR) is 102 cm³/mol. The summed E-state index contributed by atoms with van der Waals surface area (Å²) in [6.45, 7) is 7.38. The highest BCUT2D eigenvalue weighted by atomic mass is 127. The summed E-state index contributed by atoms with van der Waals surface area (Å²) in [4.78, 5) is 13.0. The molecule has 2 aromatic rings. The van der Waals surface area contributed by atoms with Crippen LogP contribution in [0.15, 0.2) is 29.1 Å². The lowest BCUT2D eigenvalue weighted by molar-refractivity contribution is 0.662. The highest BCUT2D eigenvalue weighted by Crippen LogP contribution is 2.08. The molecule has 0 amide bonds. The van der Waals surface area contributed by atoms with E-state index >= 15 is 0 Å². The largest absolute Gasteiger partial charge is 0.357 e. The van der Waals surface area contributed by atoms with Gasteiger partial charge in [0.2, 0.25) is 0 Å². The van der Waals surface area contributed by atoms with Crippen LogP contribution in [0.1, 0.15) is 17.6 Å². The Bertz CT molecular complexity index is 551. The Kier molecular flexibility index (Phi) is 9.05. The number of aliphatic imine (C=N–C) groups is 1. The predicted octanol–water partition coefficient (Wildman–Crippen LogP) is 2.06. The zero-order chi connectivity index (χ0) is 14.9. The van der Waals surface area contributed by atoms with E-state index in [0.717, 1.165) is 49.3 Å². The number of aromatic nitrogens is 3. The van der Waals surface area contributed by atoms with Gasteiger partial charge in [-0.2, -0.15) is 0 Å². The number of nitrogens with one attached hydrogen (secondary N) is 2. The van der Waals surface area contributed by atoms with Gasteiger partial charge in [-0.15, -0.1) is 35.3 Å². The lowest BCUT2D eigenvalue weighted by Crippen LogP contribution is -2.39. The van der Waals surface area contributed by atoms with E-state index in [4.69, 9.17) is 0 Å². The average molecular weight is 434 g/mol. The summed E-state index contributed by atoms with van der Waals surface area (Å²) in [5, 5.41) is 9.79. The molecule has 0 aliphatic rings. The first-order valence-corrected chi connectivity index (χ1v) is 8.05. The number of hydrogen-bond acceptors (Lipinski definition) is 4. The maximum absolute atomic E-state index is 4.57. The van der Waals surface area contributed by atoms with E-state index in [2.05, 4.69) is 37.9 Å². The lowest BCUT2D eigenvalue weighted by Gasteiger charge is -2.11. The maximum atomic E-state index is 4.57. The van der Waals surface area contributed by atoms with Crippen LogP contribution in [-0.2, 0) is 13.0 Å². The normalized spacial score (nSPS) is 11.1. The quantitative estimate of drug-likeness (QED) is 0.398. The van der Waals surface area contributed by atoms with Crippen LogP contribution in [0.3, 0.4) is 0 Å². The molecule has 0 bridgehead atoms. The Labute approximate surface area is 152 Å². The topological polar surface area (TPSA) is 67.1 Å². The number of guanidine groups is 1. The van der Waals surface area contributed by atoms with Crippen LogP contribution in [0, 0.1) is 6.92 Å². The van der Waals surface area contributed by atoms with Crippen LogP contribution >= 0.6 is 35.3 Å². The van der Waals surface area contributed by atoms with Crippen molar-refractivity contribution in [1.29, 1.82) is 0 Å². The molecule has 22 heavy (non-hydrogen) atoms. The van der Waals surface area contributed by atoms with Gasteiger partial charge >= 0.3 is 0 Å². The number of halogens is 1. The summed E-state index contributed by atoms with van der Waals surface area (Å²) >= 11 is 1.69. The molecule has 0 fully saturated rings. The summed E-state index contributed by atoms with van der Waals surface area (Å²) in [5.41, 5.74) is 1.12. The zero-order valence-corrected chi connectivity index (χ0v) is 16.1. The second-order valence-corrected chi connectivity index (χ2v) is 5.66. The molecule has 0 aliphatic heterocycles. The smallest absolute Gasteiger partial charge is 0.191 e. The van der Waals surface area contributed by atoms with Gasteiger partial charge in [0.05, 0.1) is 17.0 Å². The van der Waals surface area contributed by atoms with Gasteiger partial charge in [0.15, 0.2) is 5.96 Å². The summed E-state index contributed by atoms with van der Waals surface area (Å²) < 4.78 is 2.04. The van der Waals surface area contributed by atoms with E-state index in [1.165, 1.54) is 0 Å². The van der Waals surface area contributed by atoms with Gasteiger partial charge in [0, 0.05) is 50.4 Å². The Morgan fingerprint density at radius 1 is 1.41 bits per heavy atom. The molecule has 2 rings (SSSR count). The molecule has 6 nitrogen and oxygen atoms in total. The Morgan fingerprint density at radius 3 is 2.91 bits per heavy atom. The van der Waals surface area contributed by atoms with E-state index in [1.807, 2.05) is 24.0 Å². The Morgan fingerprint density at radius 2 is 2.27 bits per heavy atom. The number of nitrogens with zero attached hydrogens (tertiary/aromatic N) is 4. The van der Waals surface area contributed by atoms with E-state index in [9.17, 15) is 0 Å². The van der Waals surface area contributed by atoms with Crippen molar-refractivity contribution in [2.45, 2.75) is 26.8 Å². The fourth-order valence-corrected chi connectivity index (χ4v) is 2.52. The number of hydrogen-bond donors (Lipinski definition) is 2. The first-order valence-electron chi connectivity index (χ1n) is 7.17. The molecule has 0 spiro atoms. The second kappa shape index (κ2) is 10.5. The van der Waals surface area contributed by atoms with Crippen LogP contribution in [-0.4, -0.2) is 40.1 Å². The van der Waals surface area contributed by atoms with Crippen LogP contribution in [0.25, 0.3) is 0 Å². The van der Waals surface area contributed by atoms with E-state index in [-0.39, 0.29) is 24.0 Å². The highest BCUT2D eigenvalue weighted by molar-refractivity contribution is 14.0. The zero-order valence-electron chi connectivity index (χ0n) is 13.0. The van der Waals surface area contributed by atoms with Crippen molar-refractivity contribution in [3.05, 3.63) is 34.8 Å². The van der Waals surface area contributed by atoms with Crippen LogP contribution in [0.5, 0.6) is 0 Å². The Balaban J connectivity index is 0.00000242. The van der Waals surface area contributed by atoms with Gasteiger partial charge in [-0.05, 0) is 13.8 Å². The van der Waals surface area contributed by atoms with E-state index in [1.54, 1.807) is 17.5 Å². The molecule has 8 heteroatoms. The molecule has 0 saturated heterocycles. The Hall–Kier alpha value is -1.16. The minimum Gasteiger partial charge on any atom is -0.357 e. The van der Waals surface area contributed by atoms with Crippen molar-refractivity contribution in [2.24, 2.45) is 4.99 Å². The molecule has 0 radical (unpaired) electrons. The van der Waals surface area contributed by atoms with Gasteiger partial charge in [0.1, 0.15) is 0 Å². The summed E-state index contributed by atoms with van der Waals surface area (Å²) in [6, 6.07) is 0. The first-order chi connectivity index (χ1) is 10.3. The first kappa shape index (κ1) is 18.9. The highest BCUT2D eigenvalue weighted by Gasteiger charge is 1.99. The fraction of sp³-hybridized carbons (Fsp3) is 0.500. The molecule has 0 saturated carbocycles. The second-order valence-electron chi connectivity index (χ2n) is 4.60. The molecule has 122 valence electrons. The van der Waals surface area contributed by atoms with Crippen molar-refractivity contribution in [3.63, 3.8) is 0 Å². The van der Waals surface area contributed by atoms with Crippen molar-refractivity contribution in [3.8, 4) is 0 Å². The summed E-state index contributed by atoms with van der Waals surface area (Å²) in [7, 11) is 0. The number of aryl methyl sites for hydroxylation is 1. The maximum Gasteiger partial charge on any atom is 0.191 e. The van der Waals surface area contributed by atoms with Crippen LogP contribution in [0.4, 0.5) is 0 Å². The van der Waals surface area contributed by atoms with Crippen molar-refractivity contribution in [2.75, 3.05) is 19.6 Å². The molecule has 2 aromatic heterocycles. The standard InChI is InChI=1S/C14H22N6S.HI/c1-3-16-14(18-7-9-20-8-6-15-11-20)17-5-4-13-10-21-12(2)19-13;/h6,8,10-11H,3-5,7,9H2,1-2H3,(H2,16,17,18);1H. The molecule has 2 N–H and O–H groups in total. The molecule has 0 atom stereocenters. The third-order valence-electron chi connectivity index (χ3n) is 2.87. The minimum atomic E-state index is 0. The minimum absolute atomic E-state index is 0. The lowest BCUT2D eigenvalue weighted by atomic mass is 10.3. The average Bonchev–Trinajstić information content (AvgIpc) is 3.11. The summed E-state index contributed by atoms with van der Waals surface area (Å²) in [6.07, 6.45) is 6.43. The van der Waals surface area contributed by atoms with Gasteiger partial charge in [-0.1, -0.05) is 0 Å². The monoisotopic (exact) mass is 434 g/mol. The molecule has 0 unspecified atom stereocenters. The third kappa shape index (κ3) is 6.73. The van der Waals surface area contributed by atoms with Crippen molar-refractivity contribution in [1.82, 2.24) is 25.2 Å². The van der Waals surface area contributed by atoms with E-state index in [0.29, 0.717) is 0 Å². The molecular weight excluding hydrogens is 411 g/mol. The van der Waals surface area contributed by atoms with Crippen molar-refractivity contribution >= 4 is 41.3 Å². The third-order valence-corrected chi connectivity index (χ3v) is 3.69. The van der Waals surface area contributed by atoms with Gasteiger partial charge < -0.3 is 15.2 Å². The SMILES string of the molecule is CCNC(=NCCc1csc(C)n1)NCCn1ccnc1.I. The number of thiazole rings is 1. The van der Waals surface area contributed by atoms with Crippen LogP contribution < -0.4 is 10.6 Å². The summed E-state index contributed by atoms with van der Waals surface area (Å²) in [5.74, 6) is 0.851. The van der Waals surface area contributed by atoms with Gasteiger partial charge in [-0.25, -0.2) is 9.97 Å². The fourth-order valence-electron chi connectivity index (χ4n) is 1.87. The molecular formula is C14H23IN6S. The number of rotatable bonds is 7. The van der Waals surface area contributed by atoms with Gasteiger partial charge in [0.25, 0.3) is 0 Å². The van der Waals surface area contributed by atoms with Crippen LogP contribution in [0.2, 0.25) is 0 Å². The van der Waals surface area contributed by atoms with Crippen molar-refractivity contribution < 1.29 is 0 Å².